The third kappa shape index (κ3) is 5.76. The Balaban J connectivity index is 1.42. The van der Waals surface area contributed by atoms with Gasteiger partial charge in [0.25, 0.3) is 5.91 Å². The maximum absolute atomic E-state index is 15.4. The van der Waals surface area contributed by atoms with Crippen LogP contribution in [0.5, 0.6) is 11.5 Å². The van der Waals surface area contributed by atoms with E-state index in [2.05, 4.69) is 9.89 Å². The molecule has 0 aliphatic carbocycles. The first-order valence-electron chi connectivity index (χ1n) is 12.0. The van der Waals surface area contributed by atoms with E-state index in [-0.39, 0.29) is 60.1 Å². The second kappa shape index (κ2) is 10.7. The molecule has 3 heterocycles. The van der Waals surface area contributed by atoms with Crippen molar-refractivity contribution in [2.45, 2.75) is 30.7 Å². The zero-order chi connectivity index (χ0) is 28.7. The fourth-order valence-electron chi connectivity index (χ4n) is 4.90. The first-order chi connectivity index (χ1) is 18.9. The lowest BCUT2D eigenvalue weighted by molar-refractivity contribution is -0.274. The van der Waals surface area contributed by atoms with Gasteiger partial charge in [-0.05, 0) is 30.2 Å². The molecule has 0 N–H and O–H groups in total. The lowest BCUT2D eigenvalue weighted by atomic mass is 9.97. The Labute approximate surface area is 226 Å². The molecule has 214 valence electrons. The number of ether oxygens (including phenoxy) is 3. The fourth-order valence-corrected chi connectivity index (χ4v) is 6.36. The summed E-state index contributed by atoms with van der Waals surface area (Å²) in [4.78, 5) is 14.3. The number of carbonyl (C=O) groups is 1. The highest BCUT2D eigenvalue weighted by Gasteiger charge is 2.44. The lowest BCUT2D eigenvalue weighted by Gasteiger charge is -2.46. The SMILES string of the molecule is COc1cc(-c2cccc(OC(F)(F)F)c2)c(F)cc1N1C(=O)CO[C@@H]2CN(S(=O)(=O)Cc3ccon3)CC[C@H]21. The van der Waals surface area contributed by atoms with Crippen molar-refractivity contribution in [3.8, 4) is 22.6 Å². The standard InChI is InChI=1S/C25H23F4N3O7S/c1-36-22-10-18(15-3-2-4-17(9-15)39-25(27,28)29)19(26)11-21(22)32-20-5-7-31(12-23(20)37-13-24(32)33)40(34,35)14-16-6-8-38-30-16/h2-4,6,8-11,20,23H,5,7,12-14H2,1H3/t20-,23-/m1/s1. The number of sulfonamides is 1. The van der Waals surface area contributed by atoms with Crippen LogP contribution in [0.25, 0.3) is 11.1 Å². The molecule has 0 radical (unpaired) electrons. The minimum absolute atomic E-state index is 0.0382. The molecule has 2 aliphatic heterocycles. The van der Waals surface area contributed by atoms with Gasteiger partial charge in [-0.1, -0.05) is 17.3 Å². The lowest BCUT2D eigenvalue weighted by Crippen LogP contribution is -2.62. The van der Waals surface area contributed by atoms with E-state index < -0.39 is 46.0 Å². The number of fused-ring (bicyclic) bond motifs is 1. The number of piperidine rings is 1. The number of nitrogens with zero attached hydrogens (tertiary/aromatic N) is 3. The monoisotopic (exact) mass is 585 g/mol. The molecule has 5 rings (SSSR count). The van der Waals surface area contributed by atoms with Crippen molar-refractivity contribution in [2.75, 3.05) is 31.7 Å². The van der Waals surface area contributed by atoms with Crippen LogP contribution in [0.1, 0.15) is 12.1 Å². The van der Waals surface area contributed by atoms with Crippen LogP contribution < -0.4 is 14.4 Å². The number of halogens is 4. The van der Waals surface area contributed by atoms with Gasteiger partial charge in [-0.2, -0.15) is 4.31 Å². The van der Waals surface area contributed by atoms with Crippen molar-refractivity contribution in [1.82, 2.24) is 9.46 Å². The molecule has 2 aliphatic rings. The number of hydrogen-bond acceptors (Lipinski definition) is 8. The zero-order valence-corrected chi connectivity index (χ0v) is 21.7. The molecule has 1 amide bonds. The Hall–Kier alpha value is -3.69. The Morgan fingerprint density at radius 3 is 2.67 bits per heavy atom. The molecule has 0 unspecified atom stereocenters. The molecule has 0 spiro atoms. The largest absolute Gasteiger partial charge is 0.573 e. The summed E-state index contributed by atoms with van der Waals surface area (Å²) < 4.78 is 100. The van der Waals surface area contributed by atoms with Gasteiger partial charge in [0, 0.05) is 30.8 Å². The summed E-state index contributed by atoms with van der Waals surface area (Å²) in [6, 6.07) is 8.00. The van der Waals surface area contributed by atoms with E-state index in [1.54, 1.807) is 0 Å². The maximum Gasteiger partial charge on any atom is 0.573 e. The quantitative estimate of drug-likeness (QED) is 0.386. The summed E-state index contributed by atoms with van der Waals surface area (Å²) in [5.74, 6) is -2.09. The zero-order valence-electron chi connectivity index (χ0n) is 20.9. The molecule has 2 atom stereocenters. The second-order valence-corrected chi connectivity index (χ2v) is 11.1. The molecule has 0 saturated carbocycles. The smallest absolute Gasteiger partial charge is 0.495 e. The normalized spacial score (nSPS) is 20.3. The third-order valence-electron chi connectivity index (χ3n) is 6.63. The summed E-state index contributed by atoms with van der Waals surface area (Å²) in [5.41, 5.74) is 0.369. The highest BCUT2D eigenvalue weighted by atomic mass is 32.2. The predicted octanol–water partition coefficient (Wildman–Crippen LogP) is 3.72. The minimum atomic E-state index is -4.92. The van der Waals surface area contributed by atoms with Crippen molar-refractivity contribution in [3.05, 3.63) is 60.2 Å². The molecular weight excluding hydrogens is 562 g/mol. The summed E-state index contributed by atoms with van der Waals surface area (Å²) >= 11 is 0. The number of hydrogen-bond donors (Lipinski definition) is 0. The summed E-state index contributed by atoms with van der Waals surface area (Å²) in [7, 11) is -2.45. The molecule has 10 nitrogen and oxygen atoms in total. The van der Waals surface area contributed by atoms with Crippen LogP contribution in [0.4, 0.5) is 23.2 Å². The fraction of sp³-hybridized carbons (Fsp3) is 0.360. The molecule has 0 bridgehead atoms. The second-order valence-electron chi connectivity index (χ2n) is 9.15. The summed E-state index contributed by atoms with van der Waals surface area (Å²) in [6.07, 6.45) is -4.16. The van der Waals surface area contributed by atoms with Gasteiger partial charge in [-0.15, -0.1) is 13.2 Å². The van der Waals surface area contributed by atoms with Gasteiger partial charge >= 0.3 is 6.36 Å². The van der Waals surface area contributed by atoms with E-state index in [0.29, 0.717) is 0 Å². The van der Waals surface area contributed by atoms with Gasteiger partial charge in [0.05, 0.1) is 30.6 Å². The molecule has 1 aromatic heterocycles. The highest BCUT2D eigenvalue weighted by molar-refractivity contribution is 7.88. The van der Waals surface area contributed by atoms with Crippen molar-refractivity contribution in [1.29, 1.82) is 0 Å². The van der Waals surface area contributed by atoms with Crippen molar-refractivity contribution in [2.24, 2.45) is 0 Å². The Morgan fingerprint density at radius 1 is 1.18 bits per heavy atom. The van der Waals surface area contributed by atoms with Crippen LogP contribution in [0.3, 0.4) is 0 Å². The number of anilines is 1. The average Bonchev–Trinajstić information content (AvgIpc) is 3.40. The van der Waals surface area contributed by atoms with Gasteiger partial charge in [0.1, 0.15) is 35.9 Å². The van der Waals surface area contributed by atoms with Crippen LogP contribution in [0, 0.1) is 5.82 Å². The molecule has 2 aromatic carbocycles. The topological polar surface area (TPSA) is 111 Å². The van der Waals surface area contributed by atoms with Crippen LogP contribution in [-0.4, -0.2) is 69.1 Å². The molecule has 3 aromatic rings. The van der Waals surface area contributed by atoms with Gasteiger partial charge in [0.15, 0.2) is 0 Å². The number of aromatic nitrogens is 1. The van der Waals surface area contributed by atoms with Crippen molar-refractivity contribution in [3.63, 3.8) is 0 Å². The Bertz CT molecular complexity index is 1500. The number of methoxy groups -OCH3 is 1. The van der Waals surface area contributed by atoms with Crippen LogP contribution in [0.15, 0.2) is 53.3 Å². The van der Waals surface area contributed by atoms with E-state index in [4.69, 9.17) is 14.0 Å². The summed E-state index contributed by atoms with van der Waals surface area (Å²) in [5, 5.41) is 3.64. The maximum atomic E-state index is 15.4. The number of rotatable bonds is 7. The van der Waals surface area contributed by atoms with E-state index in [9.17, 15) is 26.4 Å². The predicted molar refractivity (Wildman–Crippen MR) is 131 cm³/mol. The highest BCUT2D eigenvalue weighted by Crippen LogP contribution is 2.40. The number of alkyl halides is 3. The number of morpholine rings is 1. The van der Waals surface area contributed by atoms with Gasteiger partial charge < -0.3 is 23.6 Å². The van der Waals surface area contributed by atoms with Crippen LogP contribution in [-0.2, 0) is 25.3 Å². The average molecular weight is 586 g/mol. The Morgan fingerprint density at radius 2 is 1.98 bits per heavy atom. The van der Waals surface area contributed by atoms with E-state index in [0.717, 1.165) is 18.2 Å². The number of benzene rings is 2. The van der Waals surface area contributed by atoms with Crippen LogP contribution in [0.2, 0.25) is 0 Å². The van der Waals surface area contributed by atoms with Crippen LogP contribution >= 0.6 is 0 Å². The van der Waals surface area contributed by atoms with E-state index in [1.807, 2.05) is 0 Å². The first kappa shape index (κ1) is 27.9. The molecule has 2 saturated heterocycles. The third-order valence-corrected chi connectivity index (χ3v) is 8.41. The molecule has 2 fully saturated rings. The summed E-state index contributed by atoms with van der Waals surface area (Å²) in [6.45, 7) is -0.339. The van der Waals surface area contributed by atoms with E-state index >= 15 is 4.39 Å². The number of amides is 1. The molecular formula is C25H23F4N3O7S. The Kier molecular flexibility index (Phi) is 7.46. The minimum Gasteiger partial charge on any atom is -0.495 e. The van der Waals surface area contributed by atoms with E-state index in [1.165, 1.54) is 46.8 Å². The van der Waals surface area contributed by atoms with Crippen molar-refractivity contribution < 1.29 is 49.5 Å². The first-order valence-corrected chi connectivity index (χ1v) is 13.6. The van der Waals surface area contributed by atoms with Gasteiger partial charge in [-0.25, -0.2) is 12.8 Å². The molecule has 40 heavy (non-hydrogen) atoms. The van der Waals surface area contributed by atoms with Gasteiger partial charge in [-0.3, -0.25) is 4.79 Å². The van der Waals surface area contributed by atoms with Gasteiger partial charge in [0.2, 0.25) is 10.0 Å². The molecule has 15 heteroatoms. The number of carbonyl (C=O) groups excluding carboxylic acids is 1. The van der Waals surface area contributed by atoms with Crippen molar-refractivity contribution >= 4 is 21.6 Å².